The molecule has 0 unspecified atom stereocenters. The molecule has 0 radical (unpaired) electrons. The number of pyridine rings is 1. The molecule has 0 aliphatic carbocycles. The third-order valence-electron chi connectivity index (χ3n) is 4.08. The highest BCUT2D eigenvalue weighted by molar-refractivity contribution is 5.90. The average Bonchev–Trinajstić information content (AvgIpc) is 3.03. The molecule has 0 spiro atoms. The van der Waals surface area contributed by atoms with Gasteiger partial charge in [0, 0.05) is 31.9 Å². The fraction of sp³-hybridized carbons (Fsp3) is 0.353. The highest BCUT2D eigenvalue weighted by atomic mass is 16.1. The van der Waals surface area contributed by atoms with Gasteiger partial charge >= 0.3 is 0 Å². The standard InChI is InChI=1S/C17H21N7O/c1-11-14(12(2)24-17(21-11)19-10-20-24)6-8-16(25)22-13-5-7-15(18-9-13)23(3)4/h5,7,9-10H,6,8H2,1-4H3,(H,22,25). The lowest BCUT2D eigenvalue weighted by Crippen LogP contribution is -2.15. The number of nitrogens with zero attached hydrogens (tertiary/aromatic N) is 6. The molecule has 1 amide bonds. The number of carbonyl (C=O) groups is 1. The van der Waals surface area contributed by atoms with Crippen LogP contribution in [0.5, 0.6) is 0 Å². The highest BCUT2D eigenvalue weighted by Crippen LogP contribution is 2.16. The average molecular weight is 339 g/mol. The van der Waals surface area contributed by atoms with Crippen molar-refractivity contribution in [2.24, 2.45) is 0 Å². The first-order chi connectivity index (χ1) is 12.0. The van der Waals surface area contributed by atoms with Gasteiger partial charge in [-0.15, -0.1) is 0 Å². The van der Waals surface area contributed by atoms with Gasteiger partial charge in [0.25, 0.3) is 5.78 Å². The Labute approximate surface area is 145 Å². The maximum absolute atomic E-state index is 12.2. The molecule has 8 heteroatoms. The zero-order valence-electron chi connectivity index (χ0n) is 14.8. The minimum Gasteiger partial charge on any atom is -0.363 e. The second-order valence-corrected chi connectivity index (χ2v) is 6.08. The molecule has 3 rings (SSSR count). The van der Waals surface area contributed by atoms with Gasteiger partial charge in [-0.1, -0.05) is 0 Å². The fourth-order valence-corrected chi connectivity index (χ4v) is 2.70. The number of aryl methyl sites for hydroxylation is 2. The van der Waals surface area contributed by atoms with E-state index >= 15 is 0 Å². The van der Waals surface area contributed by atoms with Crippen molar-refractivity contribution in [2.75, 3.05) is 24.3 Å². The van der Waals surface area contributed by atoms with Crippen molar-refractivity contribution in [2.45, 2.75) is 26.7 Å². The van der Waals surface area contributed by atoms with Gasteiger partial charge in [-0.2, -0.15) is 10.1 Å². The van der Waals surface area contributed by atoms with E-state index in [0.717, 1.165) is 22.8 Å². The lowest BCUT2D eigenvalue weighted by Gasteiger charge is -2.12. The van der Waals surface area contributed by atoms with E-state index in [-0.39, 0.29) is 5.91 Å². The number of carbonyl (C=O) groups excluding carboxylic acids is 1. The number of hydrogen-bond acceptors (Lipinski definition) is 6. The Morgan fingerprint density at radius 1 is 1.24 bits per heavy atom. The molecule has 3 heterocycles. The van der Waals surface area contributed by atoms with Gasteiger partial charge in [-0.05, 0) is 38.0 Å². The monoisotopic (exact) mass is 339 g/mol. The van der Waals surface area contributed by atoms with Crippen molar-refractivity contribution in [3.05, 3.63) is 41.6 Å². The Kier molecular flexibility index (Phi) is 4.60. The second-order valence-electron chi connectivity index (χ2n) is 6.08. The summed E-state index contributed by atoms with van der Waals surface area (Å²) in [7, 11) is 3.84. The first-order valence-electron chi connectivity index (χ1n) is 8.04. The first kappa shape index (κ1) is 16.8. The summed E-state index contributed by atoms with van der Waals surface area (Å²) in [6.45, 7) is 3.90. The predicted octanol–water partition coefficient (Wildman–Crippen LogP) is 1.77. The van der Waals surface area contributed by atoms with E-state index in [4.69, 9.17) is 0 Å². The zero-order valence-corrected chi connectivity index (χ0v) is 14.8. The van der Waals surface area contributed by atoms with E-state index in [0.29, 0.717) is 24.3 Å². The van der Waals surface area contributed by atoms with Gasteiger partial charge in [0.1, 0.15) is 12.1 Å². The molecule has 0 saturated carbocycles. The van der Waals surface area contributed by atoms with Gasteiger partial charge in [0.05, 0.1) is 11.9 Å². The molecule has 3 aromatic heterocycles. The molecule has 0 aliphatic heterocycles. The molecule has 8 nitrogen and oxygen atoms in total. The van der Waals surface area contributed by atoms with E-state index in [1.807, 2.05) is 45.0 Å². The smallest absolute Gasteiger partial charge is 0.252 e. The summed E-state index contributed by atoms with van der Waals surface area (Å²) in [5, 5.41) is 7.04. The van der Waals surface area contributed by atoms with Crippen molar-refractivity contribution in [3.8, 4) is 0 Å². The predicted molar refractivity (Wildman–Crippen MR) is 95.8 cm³/mol. The van der Waals surface area contributed by atoms with Crippen molar-refractivity contribution in [3.63, 3.8) is 0 Å². The number of anilines is 2. The van der Waals surface area contributed by atoms with Crippen molar-refractivity contribution in [1.82, 2.24) is 24.6 Å². The number of aromatic nitrogens is 5. The Balaban J connectivity index is 1.66. The summed E-state index contributed by atoms with van der Waals surface area (Å²) >= 11 is 0. The van der Waals surface area contributed by atoms with Crippen LogP contribution in [0.3, 0.4) is 0 Å². The summed E-state index contributed by atoms with van der Waals surface area (Å²) in [6.07, 6.45) is 4.09. The van der Waals surface area contributed by atoms with Crippen molar-refractivity contribution in [1.29, 1.82) is 0 Å². The summed E-state index contributed by atoms with van der Waals surface area (Å²) < 4.78 is 1.70. The topological polar surface area (TPSA) is 88.3 Å². The molecular formula is C17H21N7O. The molecule has 1 N–H and O–H groups in total. The number of nitrogens with one attached hydrogen (secondary N) is 1. The largest absolute Gasteiger partial charge is 0.363 e. The Morgan fingerprint density at radius 2 is 2.04 bits per heavy atom. The maximum Gasteiger partial charge on any atom is 0.252 e. The molecule has 130 valence electrons. The Bertz CT molecular complexity index is 899. The lowest BCUT2D eigenvalue weighted by molar-refractivity contribution is -0.116. The molecule has 0 atom stereocenters. The first-order valence-corrected chi connectivity index (χ1v) is 8.04. The summed E-state index contributed by atoms with van der Waals surface area (Å²) in [5.74, 6) is 1.36. The molecular weight excluding hydrogens is 318 g/mol. The van der Waals surface area contributed by atoms with Crippen LogP contribution in [-0.2, 0) is 11.2 Å². The summed E-state index contributed by atoms with van der Waals surface area (Å²) in [5.41, 5.74) is 3.55. The zero-order chi connectivity index (χ0) is 18.0. The van der Waals surface area contributed by atoms with E-state index < -0.39 is 0 Å². The van der Waals surface area contributed by atoms with Gasteiger partial charge < -0.3 is 10.2 Å². The van der Waals surface area contributed by atoms with Gasteiger partial charge in [-0.25, -0.2) is 14.5 Å². The quantitative estimate of drug-likeness (QED) is 0.762. The number of hydrogen-bond donors (Lipinski definition) is 1. The summed E-state index contributed by atoms with van der Waals surface area (Å²) in [6, 6.07) is 3.71. The second kappa shape index (κ2) is 6.84. The van der Waals surface area contributed by atoms with E-state index in [9.17, 15) is 4.79 Å². The minimum absolute atomic E-state index is 0.0584. The van der Waals surface area contributed by atoms with Gasteiger partial charge in [0.15, 0.2) is 0 Å². The molecule has 0 bridgehead atoms. The van der Waals surface area contributed by atoms with Crippen LogP contribution in [0.15, 0.2) is 24.7 Å². The van der Waals surface area contributed by atoms with Crippen molar-refractivity contribution >= 4 is 23.2 Å². The fourth-order valence-electron chi connectivity index (χ4n) is 2.70. The third-order valence-corrected chi connectivity index (χ3v) is 4.08. The Hall–Kier alpha value is -3.03. The Morgan fingerprint density at radius 3 is 2.72 bits per heavy atom. The van der Waals surface area contributed by atoms with Crippen molar-refractivity contribution < 1.29 is 4.79 Å². The van der Waals surface area contributed by atoms with Crippen LogP contribution >= 0.6 is 0 Å². The van der Waals surface area contributed by atoms with Crippen LogP contribution in [0.2, 0.25) is 0 Å². The molecule has 0 aromatic carbocycles. The van der Waals surface area contributed by atoms with Gasteiger partial charge in [-0.3, -0.25) is 4.79 Å². The van der Waals surface area contributed by atoms with Crippen LogP contribution in [-0.4, -0.2) is 44.6 Å². The van der Waals surface area contributed by atoms with Crippen LogP contribution in [0, 0.1) is 13.8 Å². The summed E-state index contributed by atoms with van der Waals surface area (Å²) in [4.78, 5) is 27.0. The van der Waals surface area contributed by atoms with E-state index in [1.165, 1.54) is 6.33 Å². The highest BCUT2D eigenvalue weighted by Gasteiger charge is 2.12. The number of amides is 1. The van der Waals surface area contributed by atoms with Crippen LogP contribution in [0.25, 0.3) is 5.78 Å². The van der Waals surface area contributed by atoms with Crippen LogP contribution in [0.4, 0.5) is 11.5 Å². The van der Waals surface area contributed by atoms with E-state index in [1.54, 1.807) is 10.7 Å². The number of fused-ring (bicyclic) bond motifs is 1. The molecule has 25 heavy (non-hydrogen) atoms. The van der Waals surface area contributed by atoms with Crippen LogP contribution in [0.1, 0.15) is 23.4 Å². The number of rotatable bonds is 5. The van der Waals surface area contributed by atoms with Gasteiger partial charge in [0.2, 0.25) is 5.91 Å². The minimum atomic E-state index is -0.0584. The normalized spacial score (nSPS) is 10.9. The molecule has 0 aliphatic rings. The molecule has 3 aromatic rings. The van der Waals surface area contributed by atoms with Crippen LogP contribution < -0.4 is 10.2 Å². The van der Waals surface area contributed by atoms with E-state index in [2.05, 4.69) is 25.4 Å². The lowest BCUT2D eigenvalue weighted by atomic mass is 10.1. The molecule has 0 saturated heterocycles. The SMILES string of the molecule is Cc1nc2ncnn2c(C)c1CCC(=O)Nc1ccc(N(C)C)nc1. The maximum atomic E-state index is 12.2. The molecule has 0 fully saturated rings. The third kappa shape index (κ3) is 3.57.